The number of aromatic nitrogens is 2. The monoisotopic (exact) mass is 454 g/mol. The number of hydrogen-bond donors (Lipinski definition) is 1. The molecule has 1 aromatic heterocycles. The number of hydrogen-bond acceptors (Lipinski definition) is 4. The molecule has 0 aliphatic carbocycles. The van der Waals surface area contributed by atoms with Gasteiger partial charge in [-0.1, -0.05) is 28.1 Å². The molecule has 0 saturated carbocycles. The molecule has 0 spiro atoms. The molecular formula is C22H23BrN4O2. The number of ether oxygens (including phenoxy) is 1. The lowest BCUT2D eigenvalue weighted by Crippen LogP contribution is -2.35. The number of benzene rings is 2. The topological polar surface area (TPSA) is 59.4 Å². The number of rotatable bonds is 5. The van der Waals surface area contributed by atoms with Crippen LogP contribution in [0.4, 0.5) is 5.69 Å². The first-order valence-corrected chi connectivity index (χ1v) is 10.4. The van der Waals surface area contributed by atoms with Gasteiger partial charge in [-0.05, 0) is 48.9 Å². The summed E-state index contributed by atoms with van der Waals surface area (Å²) in [7, 11) is 0. The SMILES string of the molecule is Cc1c(C(=O)Nc2ccc(CN3CCOCC3)cc2)cnn1-c1ccc(Br)cc1. The number of nitrogens with one attached hydrogen (secondary N) is 1. The van der Waals surface area contributed by atoms with Crippen molar-refractivity contribution in [3.63, 3.8) is 0 Å². The lowest BCUT2D eigenvalue weighted by molar-refractivity contribution is 0.0342. The predicted molar refractivity (Wildman–Crippen MR) is 116 cm³/mol. The van der Waals surface area contributed by atoms with E-state index in [-0.39, 0.29) is 5.91 Å². The molecule has 1 aliphatic rings. The summed E-state index contributed by atoms with van der Waals surface area (Å²) in [6, 6.07) is 15.8. The Balaban J connectivity index is 1.42. The van der Waals surface area contributed by atoms with Gasteiger partial charge in [0, 0.05) is 29.8 Å². The molecule has 0 unspecified atom stereocenters. The number of amides is 1. The molecule has 0 radical (unpaired) electrons. The van der Waals surface area contributed by atoms with Crippen LogP contribution < -0.4 is 5.32 Å². The van der Waals surface area contributed by atoms with Crippen LogP contribution in [-0.2, 0) is 11.3 Å². The standard InChI is InChI=1S/C22H23BrN4O2/c1-16-21(14-24-27(16)20-8-4-18(23)5-9-20)22(28)25-19-6-2-17(3-7-19)15-26-10-12-29-13-11-26/h2-9,14H,10-13,15H2,1H3,(H,25,28). The fourth-order valence-corrected chi connectivity index (χ4v) is 3.65. The third-order valence-electron chi connectivity index (χ3n) is 5.05. The Morgan fingerprint density at radius 2 is 1.79 bits per heavy atom. The van der Waals surface area contributed by atoms with Crippen molar-refractivity contribution >= 4 is 27.5 Å². The van der Waals surface area contributed by atoms with Gasteiger partial charge < -0.3 is 10.1 Å². The van der Waals surface area contributed by atoms with Crippen molar-refractivity contribution in [2.45, 2.75) is 13.5 Å². The van der Waals surface area contributed by atoms with E-state index in [2.05, 4.69) is 43.4 Å². The molecule has 0 bridgehead atoms. The van der Waals surface area contributed by atoms with Gasteiger partial charge in [-0.25, -0.2) is 4.68 Å². The van der Waals surface area contributed by atoms with Crippen LogP contribution in [0.25, 0.3) is 5.69 Å². The summed E-state index contributed by atoms with van der Waals surface area (Å²) in [5, 5.41) is 7.35. The van der Waals surface area contributed by atoms with Crippen LogP contribution >= 0.6 is 15.9 Å². The van der Waals surface area contributed by atoms with Crippen molar-refractivity contribution in [1.82, 2.24) is 14.7 Å². The van der Waals surface area contributed by atoms with Crippen LogP contribution in [0.5, 0.6) is 0 Å². The molecular weight excluding hydrogens is 432 g/mol. The third kappa shape index (κ3) is 4.75. The van der Waals surface area contributed by atoms with Gasteiger partial charge in [-0.15, -0.1) is 0 Å². The Hall–Kier alpha value is -2.48. The fourth-order valence-electron chi connectivity index (χ4n) is 3.38. The predicted octanol–water partition coefficient (Wildman–Crippen LogP) is 4.03. The minimum atomic E-state index is -0.160. The summed E-state index contributed by atoms with van der Waals surface area (Å²) < 4.78 is 8.16. The summed E-state index contributed by atoms with van der Waals surface area (Å²) >= 11 is 3.43. The summed E-state index contributed by atoms with van der Waals surface area (Å²) in [6.07, 6.45) is 1.61. The molecule has 1 fully saturated rings. The molecule has 150 valence electrons. The minimum Gasteiger partial charge on any atom is -0.379 e. The average Bonchev–Trinajstić information content (AvgIpc) is 3.12. The smallest absolute Gasteiger partial charge is 0.259 e. The van der Waals surface area contributed by atoms with Gasteiger partial charge in [0.05, 0.1) is 36.4 Å². The average molecular weight is 455 g/mol. The molecule has 29 heavy (non-hydrogen) atoms. The third-order valence-corrected chi connectivity index (χ3v) is 5.58. The van der Waals surface area contributed by atoms with Crippen LogP contribution in [0, 0.1) is 6.92 Å². The Morgan fingerprint density at radius 3 is 2.48 bits per heavy atom. The van der Waals surface area contributed by atoms with Crippen molar-refractivity contribution in [2.75, 3.05) is 31.6 Å². The van der Waals surface area contributed by atoms with Crippen molar-refractivity contribution in [2.24, 2.45) is 0 Å². The van der Waals surface area contributed by atoms with Crippen LogP contribution in [0.1, 0.15) is 21.6 Å². The van der Waals surface area contributed by atoms with Gasteiger partial charge in [-0.3, -0.25) is 9.69 Å². The number of morpholine rings is 1. The van der Waals surface area contributed by atoms with Gasteiger partial charge in [0.2, 0.25) is 0 Å². The first-order chi connectivity index (χ1) is 14.1. The summed E-state index contributed by atoms with van der Waals surface area (Å²) in [5.41, 5.74) is 4.27. The van der Waals surface area contributed by atoms with Gasteiger partial charge in [0.1, 0.15) is 0 Å². The second-order valence-electron chi connectivity index (χ2n) is 7.07. The summed E-state index contributed by atoms with van der Waals surface area (Å²) in [5.74, 6) is -0.160. The molecule has 1 N–H and O–H groups in total. The zero-order valence-corrected chi connectivity index (χ0v) is 17.9. The van der Waals surface area contributed by atoms with E-state index in [4.69, 9.17) is 4.74 Å². The minimum absolute atomic E-state index is 0.160. The molecule has 4 rings (SSSR count). The van der Waals surface area contributed by atoms with Crippen LogP contribution in [0.3, 0.4) is 0 Å². The zero-order valence-electron chi connectivity index (χ0n) is 16.3. The number of carbonyl (C=O) groups excluding carboxylic acids is 1. The Labute approximate surface area is 178 Å². The van der Waals surface area contributed by atoms with Crippen LogP contribution in [-0.4, -0.2) is 46.9 Å². The summed E-state index contributed by atoms with van der Waals surface area (Å²) in [4.78, 5) is 15.1. The summed E-state index contributed by atoms with van der Waals surface area (Å²) in [6.45, 7) is 6.30. The van der Waals surface area contributed by atoms with E-state index < -0.39 is 0 Å². The molecule has 6 nitrogen and oxygen atoms in total. The molecule has 7 heteroatoms. The Bertz CT molecular complexity index is 977. The van der Waals surface area contributed by atoms with Crippen molar-refractivity contribution in [3.05, 3.63) is 76.0 Å². The van der Waals surface area contributed by atoms with Gasteiger partial charge in [0.25, 0.3) is 5.91 Å². The second-order valence-corrected chi connectivity index (χ2v) is 7.99. The lowest BCUT2D eigenvalue weighted by Gasteiger charge is -2.26. The van der Waals surface area contributed by atoms with Crippen molar-refractivity contribution in [1.29, 1.82) is 0 Å². The fraction of sp³-hybridized carbons (Fsp3) is 0.273. The first kappa shape index (κ1) is 19.8. The number of anilines is 1. The molecule has 3 aromatic rings. The maximum Gasteiger partial charge on any atom is 0.259 e. The molecule has 1 amide bonds. The number of carbonyl (C=O) groups is 1. The van der Waals surface area contributed by atoms with Crippen LogP contribution in [0.15, 0.2) is 59.2 Å². The second kappa shape index (κ2) is 8.90. The van der Waals surface area contributed by atoms with E-state index in [9.17, 15) is 4.79 Å². The highest BCUT2D eigenvalue weighted by Gasteiger charge is 2.16. The normalized spacial score (nSPS) is 14.7. The Kier molecular flexibility index (Phi) is 6.08. The maximum absolute atomic E-state index is 12.7. The first-order valence-electron chi connectivity index (χ1n) is 9.61. The largest absolute Gasteiger partial charge is 0.379 e. The Morgan fingerprint density at radius 1 is 1.10 bits per heavy atom. The van der Waals surface area contributed by atoms with Crippen molar-refractivity contribution < 1.29 is 9.53 Å². The molecule has 1 aliphatic heterocycles. The highest BCUT2D eigenvalue weighted by Crippen LogP contribution is 2.19. The van der Waals surface area contributed by atoms with Gasteiger partial charge in [0.15, 0.2) is 0 Å². The highest BCUT2D eigenvalue weighted by molar-refractivity contribution is 9.10. The van der Waals surface area contributed by atoms with Gasteiger partial charge >= 0.3 is 0 Å². The van der Waals surface area contributed by atoms with Crippen LogP contribution in [0.2, 0.25) is 0 Å². The lowest BCUT2D eigenvalue weighted by atomic mass is 10.1. The highest BCUT2D eigenvalue weighted by atomic mass is 79.9. The molecule has 2 heterocycles. The van der Waals surface area contributed by atoms with Crippen molar-refractivity contribution in [3.8, 4) is 5.69 Å². The van der Waals surface area contributed by atoms with E-state index in [0.717, 1.165) is 54.4 Å². The van der Waals surface area contributed by atoms with E-state index >= 15 is 0 Å². The maximum atomic E-state index is 12.7. The molecule has 2 aromatic carbocycles. The molecule has 0 atom stereocenters. The van der Waals surface area contributed by atoms with Gasteiger partial charge in [-0.2, -0.15) is 5.10 Å². The van der Waals surface area contributed by atoms with E-state index in [1.165, 1.54) is 5.56 Å². The number of halogens is 1. The molecule has 1 saturated heterocycles. The quantitative estimate of drug-likeness (QED) is 0.632. The van der Waals surface area contributed by atoms with E-state index in [1.807, 2.05) is 43.3 Å². The van der Waals surface area contributed by atoms with E-state index in [1.54, 1.807) is 10.9 Å². The zero-order chi connectivity index (χ0) is 20.2. The van der Waals surface area contributed by atoms with E-state index in [0.29, 0.717) is 5.56 Å². The number of nitrogens with zero attached hydrogens (tertiary/aromatic N) is 3.